The number of rotatable bonds is 49. The molecule has 0 aromatic carbocycles. The monoisotopic (exact) mass is 776 g/mol. The highest BCUT2D eigenvalue weighted by Gasteiger charge is 2.22. The standard InChI is InChI=1S/C52H105NO2/c1-4-7-9-11-13-15-17-19-21-23-25-27-29-31-33-35-37-39-41-43-45-47-49-53(51(6-3)52(54)55)50-48-46-44-42-40-38-36-34-32-30-28-26-24-22-20-18-16-14-12-10-8-5-2/h51H,4-50H2,1-3H3,(H,54,55). The van der Waals surface area contributed by atoms with Gasteiger partial charge in [0.25, 0.3) is 0 Å². The first-order valence-electron chi connectivity index (χ1n) is 26.1. The van der Waals surface area contributed by atoms with E-state index in [1.54, 1.807) is 0 Å². The van der Waals surface area contributed by atoms with Gasteiger partial charge in [0.2, 0.25) is 0 Å². The van der Waals surface area contributed by atoms with Crippen LogP contribution in [0, 0.1) is 0 Å². The fourth-order valence-electron chi connectivity index (χ4n) is 8.86. The summed E-state index contributed by atoms with van der Waals surface area (Å²) in [5.74, 6) is -0.625. The van der Waals surface area contributed by atoms with E-state index < -0.39 is 5.97 Å². The molecule has 0 aliphatic heterocycles. The van der Waals surface area contributed by atoms with Crippen LogP contribution in [-0.4, -0.2) is 35.1 Å². The van der Waals surface area contributed by atoms with Crippen LogP contribution in [0.1, 0.15) is 310 Å². The van der Waals surface area contributed by atoms with Crippen molar-refractivity contribution >= 4 is 5.97 Å². The molecule has 0 rings (SSSR count). The third-order valence-corrected chi connectivity index (χ3v) is 12.7. The Morgan fingerprint density at radius 2 is 0.473 bits per heavy atom. The number of carboxylic acid groups (broad SMARTS) is 1. The molecule has 0 aromatic rings. The number of carbonyl (C=O) groups is 1. The van der Waals surface area contributed by atoms with Crippen molar-refractivity contribution in [3.05, 3.63) is 0 Å². The summed E-state index contributed by atoms with van der Waals surface area (Å²) in [6.45, 7) is 8.57. The molecule has 0 amide bonds. The number of carboxylic acids is 1. The molecule has 0 saturated carbocycles. The van der Waals surface area contributed by atoms with Crippen molar-refractivity contribution in [2.45, 2.75) is 316 Å². The first-order valence-corrected chi connectivity index (χ1v) is 26.1. The summed E-state index contributed by atoms with van der Waals surface area (Å²) in [6.07, 6.45) is 62.7. The summed E-state index contributed by atoms with van der Waals surface area (Å²) in [5, 5.41) is 9.86. The Kier molecular flexibility index (Phi) is 47.3. The molecule has 55 heavy (non-hydrogen) atoms. The zero-order valence-electron chi connectivity index (χ0n) is 38.6. The maximum absolute atomic E-state index is 12.0. The smallest absolute Gasteiger partial charge is 0.320 e. The van der Waals surface area contributed by atoms with Crippen LogP contribution < -0.4 is 0 Å². The van der Waals surface area contributed by atoms with E-state index in [1.807, 2.05) is 6.92 Å². The molecule has 1 N–H and O–H groups in total. The third kappa shape index (κ3) is 42.8. The molecule has 0 saturated heterocycles. The van der Waals surface area contributed by atoms with Crippen LogP contribution in [0.2, 0.25) is 0 Å². The summed E-state index contributed by atoms with van der Waals surface area (Å²) in [6, 6.07) is -0.301. The van der Waals surface area contributed by atoms with E-state index in [1.165, 1.54) is 270 Å². The predicted octanol–water partition coefficient (Wildman–Crippen LogP) is 18.4. The Morgan fingerprint density at radius 3 is 0.618 bits per heavy atom. The summed E-state index contributed by atoms with van der Waals surface area (Å²) < 4.78 is 0. The van der Waals surface area contributed by atoms with Gasteiger partial charge in [-0.05, 0) is 32.4 Å². The molecule has 330 valence electrons. The summed E-state index contributed by atoms with van der Waals surface area (Å²) in [4.78, 5) is 14.3. The van der Waals surface area contributed by atoms with Crippen LogP contribution in [0.15, 0.2) is 0 Å². The fourth-order valence-corrected chi connectivity index (χ4v) is 8.86. The van der Waals surface area contributed by atoms with E-state index in [0.717, 1.165) is 25.9 Å². The van der Waals surface area contributed by atoms with Crippen molar-refractivity contribution in [3.8, 4) is 0 Å². The SMILES string of the molecule is CCCCCCCCCCCCCCCCCCCCCCCCN(CCCCCCCCCCCCCCCCCCCCCCCC)C(CC)C(=O)O. The van der Waals surface area contributed by atoms with Crippen LogP contribution in [0.4, 0.5) is 0 Å². The van der Waals surface area contributed by atoms with E-state index >= 15 is 0 Å². The Labute approximate surface area is 348 Å². The Hall–Kier alpha value is -0.570. The lowest BCUT2D eigenvalue weighted by atomic mass is 10.0. The Bertz CT molecular complexity index is 662. The Balaban J connectivity index is 3.59. The second-order valence-electron chi connectivity index (χ2n) is 18.1. The molecule has 0 spiro atoms. The molecule has 3 nitrogen and oxygen atoms in total. The highest BCUT2D eigenvalue weighted by Crippen LogP contribution is 2.18. The van der Waals surface area contributed by atoms with Gasteiger partial charge in [0.15, 0.2) is 0 Å². The van der Waals surface area contributed by atoms with E-state index in [0.29, 0.717) is 6.42 Å². The maximum atomic E-state index is 12.0. The van der Waals surface area contributed by atoms with Gasteiger partial charge in [-0.2, -0.15) is 0 Å². The topological polar surface area (TPSA) is 40.5 Å². The first kappa shape index (κ1) is 54.4. The fraction of sp³-hybridized carbons (Fsp3) is 0.981. The lowest BCUT2D eigenvalue weighted by Crippen LogP contribution is -2.42. The quantitative estimate of drug-likeness (QED) is 0.0626. The van der Waals surface area contributed by atoms with E-state index in [-0.39, 0.29) is 6.04 Å². The third-order valence-electron chi connectivity index (χ3n) is 12.7. The van der Waals surface area contributed by atoms with Crippen LogP contribution in [-0.2, 0) is 4.79 Å². The zero-order valence-corrected chi connectivity index (χ0v) is 38.6. The van der Waals surface area contributed by atoms with Gasteiger partial charge < -0.3 is 5.11 Å². The van der Waals surface area contributed by atoms with Crippen LogP contribution in [0.25, 0.3) is 0 Å². The van der Waals surface area contributed by atoms with Crippen molar-refractivity contribution in [1.82, 2.24) is 4.90 Å². The number of aliphatic carboxylic acids is 1. The second-order valence-corrected chi connectivity index (χ2v) is 18.1. The van der Waals surface area contributed by atoms with Gasteiger partial charge in [-0.1, -0.05) is 290 Å². The average Bonchev–Trinajstić information content (AvgIpc) is 3.18. The van der Waals surface area contributed by atoms with Crippen molar-refractivity contribution in [2.24, 2.45) is 0 Å². The van der Waals surface area contributed by atoms with Gasteiger partial charge in [-0.3, -0.25) is 9.69 Å². The van der Waals surface area contributed by atoms with Gasteiger partial charge >= 0.3 is 5.97 Å². The molecular weight excluding hydrogens is 671 g/mol. The minimum Gasteiger partial charge on any atom is -0.480 e. The van der Waals surface area contributed by atoms with Crippen molar-refractivity contribution in [2.75, 3.05) is 13.1 Å². The van der Waals surface area contributed by atoms with Crippen LogP contribution in [0.5, 0.6) is 0 Å². The molecule has 0 fully saturated rings. The van der Waals surface area contributed by atoms with Gasteiger partial charge in [0.1, 0.15) is 6.04 Å². The molecule has 0 heterocycles. The van der Waals surface area contributed by atoms with Crippen LogP contribution >= 0.6 is 0 Å². The second kappa shape index (κ2) is 47.8. The van der Waals surface area contributed by atoms with Crippen molar-refractivity contribution in [1.29, 1.82) is 0 Å². The van der Waals surface area contributed by atoms with Gasteiger partial charge in [0, 0.05) is 0 Å². The lowest BCUT2D eigenvalue weighted by molar-refractivity contribution is -0.143. The number of hydrogen-bond acceptors (Lipinski definition) is 2. The molecule has 0 aliphatic carbocycles. The van der Waals surface area contributed by atoms with Gasteiger partial charge in [0.05, 0.1) is 0 Å². The highest BCUT2D eigenvalue weighted by molar-refractivity contribution is 5.73. The first-order chi connectivity index (χ1) is 27.2. The maximum Gasteiger partial charge on any atom is 0.320 e. The lowest BCUT2D eigenvalue weighted by Gasteiger charge is -2.28. The minimum absolute atomic E-state index is 0.301. The summed E-state index contributed by atoms with van der Waals surface area (Å²) in [7, 11) is 0. The minimum atomic E-state index is -0.625. The van der Waals surface area contributed by atoms with Gasteiger partial charge in [-0.25, -0.2) is 0 Å². The van der Waals surface area contributed by atoms with Crippen molar-refractivity contribution in [3.63, 3.8) is 0 Å². The van der Waals surface area contributed by atoms with E-state index in [4.69, 9.17) is 0 Å². The van der Waals surface area contributed by atoms with E-state index in [2.05, 4.69) is 18.7 Å². The summed E-state index contributed by atoms with van der Waals surface area (Å²) in [5.41, 5.74) is 0. The largest absolute Gasteiger partial charge is 0.480 e. The molecule has 0 aliphatic rings. The van der Waals surface area contributed by atoms with Crippen molar-refractivity contribution < 1.29 is 9.90 Å². The Morgan fingerprint density at radius 1 is 0.309 bits per heavy atom. The van der Waals surface area contributed by atoms with E-state index in [9.17, 15) is 9.90 Å². The zero-order chi connectivity index (χ0) is 40.0. The molecular formula is C52H105NO2. The average molecular weight is 776 g/mol. The molecule has 0 aromatic heterocycles. The molecule has 3 heteroatoms. The van der Waals surface area contributed by atoms with Crippen LogP contribution in [0.3, 0.4) is 0 Å². The molecule has 1 unspecified atom stereocenters. The molecule has 1 atom stereocenters. The number of hydrogen-bond donors (Lipinski definition) is 1. The van der Waals surface area contributed by atoms with Gasteiger partial charge in [-0.15, -0.1) is 0 Å². The number of nitrogens with zero attached hydrogens (tertiary/aromatic N) is 1. The molecule has 0 bridgehead atoms. The highest BCUT2D eigenvalue weighted by atomic mass is 16.4. The number of unbranched alkanes of at least 4 members (excludes halogenated alkanes) is 42. The summed E-state index contributed by atoms with van der Waals surface area (Å²) >= 11 is 0. The normalized spacial score (nSPS) is 12.3. The molecule has 0 radical (unpaired) electrons. The predicted molar refractivity (Wildman–Crippen MR) is 248 cm³/mol.